The van der Waals surface area contributed by atoms with E-state index in [1.807, 2.05) is 36.9 Å². The predicted molar refractivity (Wildman–Crippen MR) is 96.4 cm³/mol. The van der Waals surface area contributed by atoms with Crippen LogP contribution in [0.1, 0.15) is 37.7 Å². The van der Waals surface area contributed by atoms with Crippen LogP contribution in [0.25, 0.3) is 0 Å². The first kappa shape index (κ1) is 16.7. The molecule has 0 aromatic heterocycles. The lowest BCUT2D eigenvalue weighted by molar-refractivity contribution is -0.116. The second-order valence-electron chi connectivity index (χ2n) is 6.43. The van der Waals surface area contributed by atoms with Gasteiger partial charge in [-0.15, -0.1) is 0 Å². The quantitative estimate of drug-likeness (QED) is 0.867. The highest BCUT2D eigenvalue weighted by molar-refractivity contribution is 7.99. The number of carbonyl (C=O) groups is 1. The van der Waals surface area contributed by atoms with Crippen molar-refractivity contribution < 1.29 is 9.53 Å². The molecule has 2 aliphatic rings. The second-order valence-corrected chi connectivity index (χ2v) is 7.58. The molecule has 1 aliphatic carbocycles. The van der Waals surface area contributed by atoms with E-state index in [1.165, 1.54) is 12.8 Å². The summed E-state index contributed by atoms with van der Waals surface area (Å²) in [6.45, 7) is 3.01. The molecule has 0 bridgehead atoms. The van der Waals surface area contributed by atoms with Crippen molar-refractivity contribution in [1.82, 2.24) is 5.32 Å². The average molecular weight is 334 g/mol. The zero-order chi connectivity index (χ0) is 16.1. The molecule has 0 unspecified atom stereocenters. The van der Waals surface area contributed by atoms with Crippen molar-refractivity contribution in [2.45, 2.75) is 51.2 Å². The smallest absolute Gasteiger partial charge is 0.225 e. The third-order valence-electron chi connectivity index (χ3n) is 4.58. The molecule has 1 atom stereocenters. The summed E-state index contributed by atoms with van der Waals surface area (Å²) in [5.74, 6) is 3.13. The summed E-state index contributed by atoms with van der Waals surface area (Å²) in [5.41, 5.74) is 1.90. The van der Waals surface area contributed by atoms with Gasteiger partial charge in [0, 0.05) is 41.8 Å². The topological polar surface area (TPSA) is 50.4 Å². The van der Waals surface area contributed by atoms with E-state index in [4.69, 9.17) is 4.74 Å². The van der Waals surface area contributed by atoms with Crippen LogP contribution < -0.4 is 15.4 Å². The van der Waals surface area contributed by atoms with Gasteiger partial charge in [0.25, 0.3) is 0 Å². The van der Waals surface area contributed by atoms with E-state index < -0.39 is 0 Å². The first-order valence-electron chi connectivity index (χ1n) is 8.59. The van der Waals surface area contributed by atoms with Crippen molar-refractivity contribution >= 4 is 23.4 Å². The third-order valence-corrected chi connectivity index (χ3v) is 5.72. The van der Waals surface area contributed by atoms with E-state index in [-0.39, 0.29) is 11.9 Å². The van der Waals surface area contributed by atoms with Gasteiger partial charge < -0.3 is 15.4 Å². The van der Waals surface area contributed by atoms with Crippen LogP contribution in [0.5, 0.6) is 5.75 Å². The molecule has 0 radical (unpaired) electrons. The fourth-order valence-electron chi connectivity index (χ4n) is 3.24. The monoisotopic (exact) mass is 334 g/mol. The van der Waals surface area contributed by atoms with Crippen molar-refractivity contribution in [1.29, 1.82) is 0 Å². The van der Waals surface area contributed by atoms with Gasteiger partial charge in [0.1, 0.15) is 5.75 Å². The van der Waals surface area contributed by atoms with Gasteiger partial charge >= 0.3 is 0 Å². The molecule has 1 aromatic carbocycles. The number of ether oxygens (including phenoxy) is 1. The highest BCUT2D eigenvalue weighted by Gasteiger charge is 2.20. The Morgan fingerprint density at radius 3 is 2.96 bits per heavy atom. The van der Waals surface area contributed by atoms with Gasteiger partial charge in [-0.05, 0) is 44.7 Å². The lowest BCUT2D eigenvalue weighted by Crippen LogP contribution is -2.39. The number of benzene rings is 1. The Morgan fingerprint density at radius 2 is 2.22 bits per heavy atom. The van der Waals surface area contributed by atoms with Crippen LogP contribution >= 0.6 is 11.8 Å². The predicted octanol–water partition coefficient (Wildman–Crippen LogP) is 3.35. The molecule has 2 N–H and O–H groups in total. The molecule has 1 amide bonds. The number of rotatable bonds is 5. The largest absolute Gasteiger partial charge is 0.490 e. The fourth-order valence-corrected chi connectivity index (χ4v) is 4.19. The van der Waals surface area contributed by atoms with Crippen molar-refractivity contribution in [3.63, 3.8) is 0 Å². The summed E-state index contributed by atoms with van der Waals surface area (Å²) in [4.78, 5) is 12.3. The molecule has 1 aliphatic heterocycles. The summed E-state index contributed by atoms with van der Waals surface area (Å²) in [7, 11) is 0. The Bertz CT molecular complexity index is 538. The first-order chi connectivity index (χ1) is 11.2. The van der Waals surface area contributed by atoms with Gasteiger partial charge in [0.2, 0.25) is 5.91 Å². The number of hydrogen-bond donors (Lipinski definition) is 2. The third kappa shape index (κ3) is 4.64. The zero-order valence-electron chi connectivity index (χ0n) is 13.8. The van der Waals surface area contributed by atoms with Gasteiger partial charge in [0.15, 0.2) is 0 Å². The van der Waals surface area contributed by atoms with E-state index in [2.05, 4.69) is 10.6 Å². The highest BCUT2D eigenvalue weighted by Crippen LogP contribution is 2.30. The highest BCUT2D eigenvalue weighted by atomic mass is 32.2. The van der Waals surface area contributed by atoms with Crippen LogP contribution in [0.3, 0.4) is 0 Å². The summed E-state index contributed by atoms with van der Waals surface area (Å²) in [6.07, 6.45) is 5.66. The second kappa shape index (κ2) is 8.06. The normalized spacial score (nSPS) is 22.0. The summed E-state index contributed by atoms with van der Waals surface area (Å²) >= 11 is 1.91. The minimum atomic E-state index is 0.0751. The van der Waals surface area contributed by atoms with Crippen LogP contribution in [0.2, 0.25) is 0 Å². The maximum absolute atomic E-state index is 12.3. The van der Waals surface area contributed by atoms with Crippen molar-refractivity contribution in [3.05, 3.63) is 23.8 Å². The Morgan fingerprint density at radius 1 is 1.39 bits per heavy atom. The molecule has 4 nitrogen and oxygen atoms in total. The van der Waals surface area contributed by atoms with Crippen molar-refractivity contribution in [2.75, 3.05) is 23.4 Å². The summed E-state index contributed by atoms with van der Waals surface area (Å²) in [5, 5.41) is 6.46. The fraction of sp³-hybridized carbons (Fsp3) is 0.611. The minimum absolute atomic E-state index is 0.0751. The maximum Gasteiger partial charge on any atom is 0.225 e. The summed E-state index contributed by atoms with van der Waals surface area (Å²) < 4.78 is 6.11. The number of carbonyl (C=O) groups excluding carboxylic acids is 1. The van der Waals surface area contributed by atoms with Crippen molar-refractivity contribution in [3.8, 4) is 5.75 Å². The summed E-state index contributed by atoms with van der Waals surface area (Å²) in [6, 6.07) is 6.20. The van der Waals surface area contributed by atoms with Crippen LogP contribution in [0.4, 0.5) is 5.69 Å². The molecule has 1 heterocycles. The van der Waals surface area contributed by atoms with Crippen LogP contribution in [-0.2, 0) is 4.79 Å². The molecule has 23 heavy (non-hydrogen) atoms. The number of amides is 1. The van der Waals surface area contributed by atoms with Crippen LogP contribution in [0, 0.1) is 6.92 Å². The molecule has 2 fully saturated rings. The molecular weight excluding hydrogens is 308 g/mol. The van der Waals surface area contributed by atoms with Crippen molar-refractivity contribution in [2.24, 2.45) is 0 Å². The lowest BCUT2D eigenvalue weighted by atomic mass is 10.1. The lowest BCUT2D eigenvalue weighted by Gasteiger charge is -2.23. The van der Waals surface area contributed by atoms with E-state index in [0.29, 0.717) is 12.5 Å². The van der Waals surface area contributed by atoms with Gasteiger partial charge in [-0.3, -0.25) is 4.79 Å². The molecular formula is C18H26N2O2S. The van der Waals surface area contributed by atoms with E-state index in [0.717, 1.165) is 47.9 Å². The van der Waals surface area contributed by atoms with Crippen LogP contribution in [-0.4, -0.2) is 36.1 Å². The molecule has 1 saturated heterocycles. The van der Waals surface area contributed by atoms with E-state index in [9.17, 15) is 4.79 Å². The number of nitrogens with one attached hydrogen (secondary N) is 2. The zero-order valence-corrected chi connectivity index (χ0v) is 14.6. The molecule has 5 heteroatoms. The van der Waals surface area contributed by atoms with Gasteiger partial charge in [0.05, 0.1) is 6.10 Å². The average Bonchev–Trinajstić information content (AvgIpc) is 3.05. The number of hydrogen-bond acceptors (Lipinski definition) is 4. The Balaban J connectivity index is 1.59. The standard InChI is InChI=1S/C18H26N2O2S/c1-13-16(20-18(21)11-14-12-23-10-9-19-14)7-4-8-17(13)22-15-5-2-3-6-15/h4,7-8,14-15,19H,2-3,5-6,9-12H2,1H3,(H,20,21)/t14-/m1/s1. The molecule has 1 aromatic rings. The molecule has 1 saturated carbocycles. The Hall–Kier alpha value is -1.20. The van der Waals surface area contributed by atoms with Gasteiger partial charge in [-0.2, -0.15) is 11.8 Å². The molecule has 126 valence electrons. The Labute approximate surface area is 142 Å². The maximum atomic E-state index is 12.3. The number of anilines is 1. The Kier molecular flexibility index (Phi) is 5.84. The van der Waals surface area contributed by atoms with Gasteiger partial charge in [-0.25, -0.2) is 0 Å². The van der Waals surface area contributed by atoms with Crippen LogP contribution in [0.15, 0.2) is 18.2 Å². The number of thioether (sulfide) groups is 1. The minimum Gasteiger partial charge on any atom is -0.490 e. The SMILES string of the molecule is Cc1c(NC(=O)C[C@@H]2CSCCN2)cccc1OC1CCCC1. The van der Waals surface area contributed by atoms with Gasteiger partial charge in [-0.1, -0.05) is 6.07 Å². The molecule has 0 spiro atoms. The molecule has 3 rings (SSSR count). The van der Waals surface area contributed by atoms with E-state index in [1.54, 1.807) is 0 Å². The van der Waals surface area contributed by atoms with E-state index >= 15 is 0 Å². The first-order valence-corrected chi connectivity index (χ1v) is 9.75.